The van der Waals surface area contributed by atoms with E-state index in [1.165, 1.54) is 0 Å². The minimum Gasteiger partial charge on any atom is -0.282 e. The fourth-order valence-corrected chi connectivity index (χ4v) is 4.28. The molecule has 4 aromatic carbocycles. The topological polar surface area (TPSA) is 54.4 Å². The van der Waals surface area contributed by atoms with Crippen LogP contribution in [0.25, 0.3) is 33.4 Å². The predicted molar refractivity (Wildman–Crippen MR) is 113 cm³/mol. The van der Waals surface area contributed by atoms with E-state index in [0.717, 1.165) is 22.3 Å². The van der Waals surface area contributed by atoms with E-state index in [4.69, 9.17) is 0 Å². The standard InChI is InChI=1S/C24H18O3S/c25-28(26,27)24-22(19-12-6-2-7-13-19)16-21(18-10-4-1-5-11-18)17-23(24)20-14-8-3-9-15-20/h1-17H,(H,25,26,27). The molecule has 0 bridgehead atoms. The minimum absolute atomic E-state index is 0.0791. The van der Waals surface area contributed by atoms with Crippen LogP contribution in [-0.4, -0.2) is 13.0 Å². The van der Waals surface area contributed by atoms with Crippen LogP contribution in [0.4, 0.5) is 0 Å². The van der Waals surface area contributed by atoms with Crippen molar-refractivity contribution in [3.8, 4) is 33.4 Å². The van der Waals surface area contributed by atoms with Crippen LogP contribution in [-0.2, 0) is 10.1 Å². The highest BCUT2D eigenvalue weighted by atomic mass is 32.2. The van der Waals surface area contributed by atoms with Gasteiger partial charge < -0.3 is 0 Å². The van der Waals surface area contributed by atoms with E-state index in [-0.39, 0.29) is 4.90 Å². The average Bonchev–Trinajstić information content (AvgIpc) is 2.74. The molecular formula is C24H18O3S. The quantitative estimate of drug-likeness (QED) is 0.442. The van der Waals surface area contributed by atoms with Crippen molar-refractivity contribution < 1.29 is 13.0 Å². The molecule has 0 heterocycles. The lowest BCUT2D eigenvalue weighted by atomic mass is 9.93. The zero-order valence-electron chi connectivity index (χ0n) is 15.0. The van der Waals surface area contributed by atoms with Gasteiger partial charge in [0.2, 0.25) is 0 Å². The molecule has 0 amide bonds. The Balaban J connectivity index is 2.12. The summed E-state index contributed by atoms with van der Waals surface area (Å²) in [6.07, 6.45) is 0. The maximum Gasteiger partial charge on any atom is 0.295 e. The van der Waals surface area contributed by atoms with Crippen LogP contribution in [0.15, 0.2) is 108 Å². The highest BCUT2D eigenvalue weighted by Crippen LogP contribution is 2.39. The first-order valence-electron chi connectivity index (χ1n) is 8.86. The van der Waals surface area contributed by atoms with Gasteiger partial charge in [-0.2, -0.15) is 8.42 Å². The summed E-state index contributed by atoms with van der Waals surface area (Å²) < 4.78 is 35.0. The second-order valence-corrected chi connectivity index (χ2v) is 7.83. The van der Waals surface area contributed by atoms with Gasteiger partial charge in [-0.15, -0.1) is 0 Å². The SMILES string of the molecule is O=S(=O)(O)c1c(-c2ccccc2)cc(-c2ccccc2)cc1-c1ccccc1. The molecule has 0 spiro atoms. The predicted octanol–water partition coefficient (Wildman–Crippen LogP) is 5.93. The molecule has 0 aliphatic rings. The Morgan fingerprint density at radius 2 is 0.857 bits per heavy atom. The highest BCUT2D eigenvalue weighted by Gasteiger charge is 2.24. The summed E-state index contributed by atoms with van der Waals surface area (Å²) in [4.78, 5) is -0.0791. The van der Waals surface area contributed by atoms with Gasteiger partial charge in [0.1, 0.15) is 4.90 Å². The fraction of sp³-hybridized carbons (Fsp3) is 0. The molecule has 0 atom stereocenters. The summed E-state index contributed by atoms with van der Waals surface area (Å²) in [5.74, 6) is 0. The van der Waals surface area contributed by atoms with E-state index in [1.807, 2.05) is 103 Å². The zero-order valence-corrected chi connectivity index (χ0v) is 15.8. The van der Waals surface area contributed by atoms with E-state index in [9.17, 15) is 13.0 Å². The van der Waals surface area contributed by atoms with E-state index >= 15 is 0 Å². The average molecular weight is 386 g/mol. The Labute approximate surface area is 164 Å². The molecule has 0 fully saturated rings. The lowest BCUT2D eigenvalue weighted by molar-refractivity contribution is 0.484. The van der Waals surface area contributed by atoms with E-state index in [2.05, 4.69) is 0 Å². The first-order chi connectivity index (χ1) is 13.5. The monoisotopic (exact) mass is 386 g/mol. The van der Waals surface area contributed by atoms with Crippen molar-refractivity contribution in [2.75, 3.05) is 0 Å². The Kier molecular flexibility index (Phi) is 4.82. The summed E-state index contributed by atoms with van der Waals surface area (Å²) in [5.41, 5.74) is 4.26. The molecule has 4 rings (SSSR count). The Morgan fingerprint density at radius 3 is 1.21 bits per heavy atom. The number of rotatable bonds is 4. The Bertz CT molecular complexity index is 1140. The molecule has 0 unspecified atom stereocenters. The molecule has 0 saturated heterocycles. The van der Waals surface area contributed by atoms with E-state index in [1.54, 1.807) is 0 Å². The largest absolute Gasteiger partial charge is 0.295 e. The van der Waals surface area contributed by atoms with Crippen LogP contribution in [0, 0.1) is 0 Å². The third-order valence-electron chi connectivity index (χ3n) is 4.62. The van der Waals surface area contributed by atoms with Crippen LogP contribution in [0.2, 0.25) is 0 Å². The van der Waals surface area contributed by atoms with Gasteiger partial charge in [0.25, 0.3) is 10.1 Å². The van der Waals surface area contributed by atoms with Gasteiger partial charge in [0, 0.05) is 11.1 Å². The summed E-state index contributed by atoms with van der Waals surface area (Å²) in [6, 6.07) is 31.9. The molecule has 3 nitrogen and oxygen atoms in total. The Hall–Kier alpha value is -3.21. The molecule has 1 N–H and O–H groups in total. The molecule has 0 aliphatic carbocycles. The van der Waals surface area contributed by atoms with Gasteiger partial charge in [-0.3, -0.25) is 4.55 Å². The van der Waals surface area contributed by atoms with Gasteiger partial charge >= 0.3 is 0 Å². The maximum absolute atomic E-state index is 12.4. The van der Waals surface area contributed by atoms with Crippen molar-refractivity contribution >= 4 is 10.1 Å². The first-order valence-corrected chi connectivity index (χ1v) is 10.3. The van der Waals surface area contributed by atoms with Crippen LogP contribution < -0.4 is 0 Å². The Morgan fingerprint density at radius 1 is 0.500 bits per heavy atom. The van der Waals surface area contributed by atoms with Gasteiger partial charge in [-0.1, -0.05) is 91.0 Å². The second kappa shape index (κ2) is 7.43. The molecule has 4 aromatic rings. The van der Waals surface area contributed by atoms with Crippen molar-refractivity contribution in [2.24, 2.45) is 0 Å². The van der Waals surface area contributed by atoms with Crippen LogP contribution in [0.5, 0.6) is 0 Å². The number of benzene rings is 4. The van der Waals surface area contributed by atoms with Crippen molar-refractivity contribution in [1.29, 1.82) is 0 Å². The molecule has 0 aliphatic heterocycles. The third-order valence-corrected chi connectivity index (χ3v) is 5.58. The van der Waals surface area contributed by atoms with Crippen LogP contribution in [0.3, 0.4) is 0 Å². The minimum atomic E-state index is -4.46. The highest BCUT2D eigenvalue weighted by molar-refractivity contribution is 7.86. The lowest BCUT2D eigenvalue weighted by Crippen LogP contribution is -2.04. The summed E-state index contributed by atoms with van der Waals surface area (Å²) in [5, 5.41) is 0. The normalized spacial score (nSPS) is 11.3. The van der Waals surface area contributed by atoms with Crippen LogP contribution >= 0.6 is 0 Å². The van der Waals surface area contributed by atoms with Gasteiger partial charge in [0.15, 0.2) is 0 Å². The molecule has 4 heteroatoms. The van der Waals surface area contributed by atoms with Crippen molar-refractivity contribution in [3.05, 3.63) is 103 Å². The molecule has 28 heavy (non-hydrogen) atoms. The molecule has 0 radical (unpaired) electrons. The van der Waals surface area contributed by atoms with Crippen LogP contribution in [0.1, 0.15) is 0 Å². The fourth-order valence-electron chi connectivity index (χ4n) is 3.37. The smallest absolute Gasteiger partial charge is 0.282 e. The van der Waals surface area contributed by atoms with E-state index < -0.39 is 10.1 Å². The summed E-state index contributed by atoms with van der Waals surface area (Å²) in [6.45, 7) is 0. The molecule has 138 valence electrons. The number of hydrogen-bond acceptors (Lipinski definition) is 2. The lowest BCUT2D eigenvalue weighted by Gasteiger charge is -2.16. The summed E-state index contributed by atoms with van der Waals surface area (Å²) >= 11 is 0. The molecule has 0 aromatic heterocycles. The van der Waals surface area contributed by atoms with Gasteiger partial charge in [-0.25, -0.2) is 0 Å². The van der Waals surface area contributed by atoms with Gasteiger partial charge in [0.05, 0.1) is 0 Å². The molecular weight excluding hydrogens is 368 g/mol. The van der Waals surface area contributed by atoms with Gasteiger partial charge in [-0.05, 0) is 34.4 Å². The second-order valence-electron chi connectivity index (χ2n) is 6.47. The third kappa shape index (κ3) is 3.60. The van der Waals surface area contributed by atoms with Crippen molar-refractivity contribution in [2.45, 2.75) is 4.90 Å². The van der Waals surface area contributed by atoms with E-state index in [0.29, 0.717) is 11.1 Å². The number of hydrogen-bond donors (Lipinski definition) is 1. The maximum atomic E-state index is 12.4. The summed E-state index contributed by atoms with van der Waals surface area (Å²) in [7, 11) is -4.46. The zero-order chi connectivity index (χ0) is 19.6. The molecule has 0 saturated carbocycles. The van der Waals surface area contributed by atoms with Crippen molar-refractivity contribution in [3.63, 3.8) is 0 Å². The van der Waals surface area contributed by atoms with Crippen molar-refractivity contribution in [1.82, 2.24) is 0 Å². The first kappa shape index (κ1) is 18.2.